The van der Waals surface area contributed by atoms with E-state index in [1.807, 2.05) is 6.92 Å². The molecular formula is C13H14FN3O3S. The summed E-state index contributed by atoms with van der Waals surface area (Å²) in [6.07, 6.45) is 1.30. The lowest BCUT2D eigenvalue weighted by Gasteiger charge is -2.10. The van der Waals surface area contributed by atoms with Crippen molar-refractivity contribution in [3.8, 4) is 5.88 Å². The summed E-state index contributed by atoms with van der Waals surface area (Å²) in [5.74, 6) is -0.305. The molecule has 8 heteroatoms. The number of pyridine rings is 1. The zero-order valence-corrected chi connectivity index (χ0v) is 12.0. The molecule has 21 heavy (non-hydrogen) atoms. The Hall–Kier alpha value is -2.35. The molecule has 0 unspecified atom stereocenters. The summed E-state index contributed by atoms with van der Waals surface area (Å²) in [6, 6.07) is 6.16. The van der Waals surface area contributed by atoms with Gasteiger partial charge in [0.15, 0.2) is 0 Å². The first-order chi connectivity index (χ1) is 9.92. The van der Waals surface area contributed by atoms with Gasteiger partial charge in [-0.1, -0.05) is 0 Å². The molecule has 0 spiro atoms. The van der Waals surface area contributed by atoms with E-state index in [0.717, 1.165) is 12.1 Å². The monoisotopic (exact) mass is 311 g/mol. The van der Waals surface area contributed by atoms with Crippen molar-refractivity contribution >= 4 is 21.4 Å². The van der Waals surface area contributed by atoms with E-state index in [2.05, 4.69) is 9.71 Å². The number of rotatable bonds is 5. The van der Waals surface area contributed by atoms with Gasteiger partial charge < -0.3 is 10.5 Å². The zero-order valence-electron chi connectivity index (χ0n) is 11.2. The first kappa shape index (κ1) is 15.0. The van der Waals surface area contributed by atoms with Gasteiger partial charge in [-0.05, 0) is 31.2 Å². The molecule has 0 radical (unpaired) electrons. The van der Waals surface area contributed by atoms with Gasteiger partial charge in [-0.2, -0.15) is 0 Å². The van der Waals surface area contributed by atoms with Crippen molar-refractivity contribution in [3.63, 3.8) is 0 Å². The van der Waals surface area contributed by atoms with E-state index < -0.39 is 15.8 Å². The van der Waals surface area contributed by atoms with Crippen LogP contribution in [0, 0.1) is 5.82 Å². The summed E-state index contributed by atoms with van der Waals surface area (Å²) in [7, 11) is -3.99. The van der Waals surface area contributed by atoms with Crippen LogP contribution in [0.25, 0.3) is 0 Å². The average Bonchev–Trinajstić information content (AvgIpc) is 2.43. The Labute approximate surface area is 121 Å². The lowest BCUT2D eigenvalue weighted by molar-refractivity contribution is 0.327. The second kappa shape index (κ2) is 5.96. The number of nitrogens with one attached hydrogen (secondary N) is 1. The van der Waals surface area contributed by atoms with Crippen molar-refractivity contribution in [2.45, 2.75) is 11.8 Å². The molecule has 0 bridgehead atoms. The van der Waals surface area contributed by atoms with Crippen LogP contribution in [0.5, 0.6) is 5.88 Å². The molecule has 6 nitrogen and oxygen atoms in total. The molecule has 2 aromatic rings. The number of hydrogen-bond donors (Lipinski definition) is 2. The Morgan fingerprint density at radius 1 is 1.33 bits per heavy atom. The number of nitrogens with zero attached hydrogens (tertiary/aromatic N) is 1. The smallest absolute Gasteiger partial charge is 0.264 e. The van der Waals surface area contributed by atoms with Gasteiger partial charge in [-0.25, -0.2) is 17.8 Å². The predicted octanol–water partition coefficient (Wildman–Crippen LogP) is 2.00. The summed E-state index contributed by atoms with van der Waals surface area (Å²) in [6.45, 7) is 2.27. The van der Waals surface area contributed by atoms with Crippen LogP contribution >= 0.6 is 0 Å². The molecule has 3 N–H and O–H groups in total. The van der Waals surface area contributed by atoms with Crippen molar-refractivity contribution in [1.82, 2.24) is 4.98 Å². The minimum absolute atomic E-state index is 0.0391. The van der Waals surface area contributed by atoms with Gasteiger partial charge in [0.05, 0.1) is 24.2 Å². The van der Waals surface area contributed by atoms with Crippen molar-refractivity contribution in [1.29, 1.82) is 0 Å². The molecule has 0 saturated carbocycles. The molecule has 1 aromatic carbocycles. The molecule has 0 aliphatic carbocycles. The Morgan fingerprint density at radius 3 is 2.71 bits per heavy atom. The van der Waals surface area contributed by atoms with Crippen LogP contribution in [0.1, 0.15) is 6.92 Å². The fourth-order valence-corrected chi connectivity index (χ4v) is 2.81. The zero-order chi connectivity index (χ0) is 15.5. The second-order valence-corrected chi connectivity index (χ2v) is 5.76. The molecular weight excluding hydrogens is 297 g/mol. The highest BCUT2D eigenvalue weighted by Gasteiger charge is 2.18. The fraction of sp³-hybridized carbons (Fsp3) is 0.154. The van der Waals surface area contributed by atoms with E-state index in [4.69, 9.17) is 10.5 Å². The van der Waals surface area contributed by atoms with Crippen LogP contribution < -0.4 is 15.2 Å². The predicted molar refractivity (Wildman–Crippen MR) is 77.0 cm³/mol. The number of nitrogens with two attached hydrogens (primary N) is 1. The molecule has 1 aromatic heterocycles. The Balaban J connectivity index is 2.26. The van der Waals surface area contributed by atoms with E-state index in [0.29, 0.717) is 12.5 Å². The number of anilines is 2. The number of nitrogen functional groups attached to an aromatic ring is 1. The number of hydrogen-bond acceptors (Lipinski definition) is 5. The third kappa shape index (κ3) is 3.60. The highest BCUT2D eigenvalue weighted by Crippen LogP contribution is 2.22. The molecule has 0 fully saturated rings. The van der Waals surface area contributed by atoms with Gasteiger partial charge in [-0.3, -0.25) is 4.72 Å². The summed E-state index contributed by atoms with van der Waals surface area (Å²) < 4.78 is 44.9. The fourth-order valence-electron chi connectivity index (χ4n) is 1.62. The topological polar surface area (TPSA) is 94.3 Å². The molecule has 0 aliphatic rings. The molecule has 0 aliphatic heterocycles. The number of aromatic nitrogens is 1. The summed E-state index contributed by atoms with van der Waals surface area (Å²) >= 11 is 0. The SMILES string of the molecule is CCOc1ccc(NS(=O)(=O)c2cc(F)ccc2N)cn1. The van der Waals surface area contributed by atoms with E-state index >= 15 is 0 Å². The van der Waals surface area contributed by atoms with Gasteiger partial charge in [0, 0.05) is 6.07 Å². The minimum atomic E-state index is -3.99. The van der Waals surface area contributed by atoms with Crippen LogP contribution in [0.4, 0.5) is 15.8 Å². The number of sulfonamides is 1. The first-order valence-electron chi connectivity index (χ1n) is 6.09. The van der Waals surface area contributed by atoms with Crippen molar-refractivity contribution in [2.24, 2.45) is 0 Å². The van der Waals surface area contributed by atoms with Gasteiger partial charge in [0.25, 0.3) is 10.0 Å². The Bertz CT molecular complexity index is 733. The highest BCUT2D eigenvalue weighted by molar-refractivity contribution is 7.92. The van der Waals surface area contributed by atoms with E-state index in [1.165, 1.54) is 24.4 Å². The number of halogens is 1. The normalized spacial score (nSPS) is 11.1. The number of ether oxygens (including phenoxy) is 1. The summed E-state index contributed by atoms with van der Waals surface area (Å²) in [4.78, 5) is 3.61. The minimum Gasteiger partial charge on any atom is -0.478 e. The summed E-state index contributed by atoms with van der Waals surface area (Å²) in [5, 5.41) is 0. The van der Waals surface area contributed by atoms with Crippen LogP contribution in [0.15, 0.2) is 41.4 Å². The van der Waals surface area contributed by atoms with Crippen molar-refractivity contribution < 1.29 is 17.5 Å². The highest BCUT2D eigenvalue weighted by atomic mass is 32.2. The quantitative estimate of drug-likeness (QED) is 0.824. The largest absolute Gasteiger partial charge is 0.478 e. The third-order valence-corrected chi connectivity index (χ3v) is 3.98. The maximum Gasteiger partial charge on any atom is 0.264 e. The second-order valence-electron chi connectivity index (χ2n) is 4.11. The van der Waals surface area contributed by atoms with E-state index in [-0.39, 0.29) is 16.3 Å². The molecule has 2 rings (SSSR count). The summed E-state index contributed by atoms with van der Waals surface area (Å²) in [5.41, 5.74) is 5.76. The molecule has 0 saturated heterocycles. The molecule has 1 heterocycles. The van der Waals surface area contributed by atoms with Gasteiger partial charge in [0.1, 0.15) is 10.7 Å². The first-order valence-corrected chi connectivity index (χ1v) is 7.57. The molecule has 0 atom stereocenters. The number of benzene rings is 1. The van der Waals surface area contributed by atoms with Crippen molar-refractivity contribution in [3.05, 3.63) is 42.3 Å². The average molecular weight is 311 g/mol. The van der Waals surface area contributed by atoms with Gasteiger partial charge in [0.2, 0.25) is 5.88 Å². The standard InChI is InChI=1S/C13H14FN3O3S/c1-2-20-13-6-4-10(8-16-13)17-21(18,19)12-7-9(14)3-5-11(12)15/h3-8,17H,2,15H2,1H3. The lowest BCUT2D eigenvalue weighted by atomic mass is 10.3. The molecule has 0 amide bonds. The van der Waals surface area contributed by atoms with Crippen LogP contribution in [-0.4, -0.2) is 20.0 Å². The van der Waals surface area contributed by atoms with E-state index in [9.17, 15) is 12.8 Å². The maximum absolute atomic E-state index is 13.2. The Kier molecular flexibility index (Phi) is 4.27. The van der Waals surface area contributed by atoms with Crippen LogP contribution in [-0.2, 0) is 10.0 Å². The lowest BCUT2D eigenvalue weighted by Crippen LogP contribution is -2.15. The van der Waals surface area contributed by atoms with Gasteiger partial charge in [-0.15, -0.1) is 0 Å². The third-order valence-electron chi connectivity index (χ3n) is 2.55. The maximum atomic E-state index is 13.2. The molecule has 112 valence electrons. The van der Waals surface area contributed by atoms with Crippen molar-refractivity contribution in [2.75, 3.05) is 17.1 Å². The van der Waals surface area contributed by atoms with Crippen LogP contribution in [0.2, 0.25) is 0 Å². The van der Waals surface area contributed by atoms with Gasteiger partial charge >= 0.3 is 0 Å². The Morgan fingerprint density at radius 2 is 2.10 bits per heavy atom. The van der Waals surface area contributed by atoms with Crippen LogP contribution in [0.3, 0.4) is 0 Å². The van der Waals surface area contributed by atoms with E-state index in [1.54, 1.807) is 0 Å².